The van der Waals surface area contributed by atoms with Gasteiger partial charge in [-0.1, -0.05) is 78.4 Å². The molecule has 4 nitrogen and oxygen atoms in total. The Morgan fingerprint density at radius 3 is 2.06 bits per heavy atom. The maximum absolute atomic E-state index is 13.6. The fourth-order valence-electron chi connectivity index (χ4n) is 3.81. The second kappa shape index (κ2) is 12.6. The van der Waals surface area contributed by atoms with E-state index in [4.69, 9.17) is 0 Å². The molecule has 0 heterocycles. The Bertz CT molecular complexity index is 1080. The summed E-state index contributed by atoms with van der Waals surface area (Å²) in [7, 11) is 0. The number of benzene rings is 3. The van der Waals surface area contributed by atoms with E-state index in [2.05, 4.69) is 5.32 Å². The van der Waals surface area contributed by atoms with Gasteiger partial charge in [0, 0.05) is 35.6 Å². The number of rotatable bonds is 10. The van der Waals surface area contributed by atoms with Crippen LogP contribution >= 0.6 is 11.8 Å². The summed E-state index contributed by atoms with van der Waals surface area (Å²) in [4.78, 5) is 30.1. The third-order valence-corrected chi connectivity index (χ3v) is 6.58. The molecule has 0 radical (unpaired) electrons. The highest BCUT2D eigenvalue weighted by molar-refractivity contribution is 7.99. The van der Waals surface area contributed by atoms with Gasteiger partial charge in [-0.05, 0) is 51.0 Å². The average molecular weight is 489 g/mol. The molecule has 0 aliphatic rings. The van der Waals surface area contributed by atoms with Crippen LogP contribution in [-0.4, -0.2) is 34.0 Å². The Labute approximate surface area is 214 Å². The molecule has 3 aromatic carbocycles. The Hall–Kier alpha value is -3.05. The van der Waals surface area contributed by atoms with Crippen molar-refractivity contribution < 1.29 is 9.59 Å². The predicted octanol–water partition coefficient (Wildman–Crippen LogP) is 6.03. The summed E-state index contributed by atoms with van der Waals surface area (Å²) in [6.07, 6.45) is 0.825. The van der Waals surface area contributed by atoms with Gasteiger partial charge in [-0.25, -0.2) is 0 Å². The lowest BCUT2D eigenvalue weighted by molar-refractivity contribution is -0.141. The van der Waals surface area contributed by atoms with Crippen molar-refractivity contribution in [2.75, 3.05) is 5.75 Å². The van der Waals surface area contributed by atoms with Gasteiger partial charge in [0.05, 0.1) is 0 Å². The molecule has 1 atom stereocenters. The molecule has 0 aromatic heterocycles. The van der Waals surface area contributed by atoms with Gasteiger partial charge in [-0.3, -0.25) is 9.59 Å². The second-order valence-corrected chi connectivity index (χ2v) is 11.0. The first-order valence-electron chi connectivity index (χ1n) is 12.1. The summed E-state index contributed by atoms with van der Waals surface area (Å²) in [6.45, 7) is 8.33. The van der Waals surface area contributed by atoms with Crippen molar-refractivity contribution in [3.8, 4) is 0 Å². The summed E-state index contributed by atoms with van der Waals surface area (Å²) in [5.41, 5.74) is 2.81. The van der Waals surface area contributed by atoms with E-state index < -0.39 is 11.6 Å². The first-order valence-corrected chi connectivity index (χ1v) is 13.1. The van der Waals surface area contributed by atoms with Gasteiger partial charge in [-0.15, -0.1) is 11.8 Å². The minimum absolute atomic E-state index is 0.0148. The number of thioether (sulfide) groups is 1. The molecular formula is C30H36N2O2S. The number of nitrogens with zero attached hydrogens (tertiary/aromatic N) is 1. The fourth-order valence-corrected chi connectivity index (χ4v) is 4.68. The molecule has 184 valence electrons. The molecule has 35 heavy (non-hydrogen) atoms. The number of hydrogen-bond donors (Lipinski definition) is 1. The van der Waals surface area contributed by atoms with Crippen molar-refractivity contribution >= 4 is 23.6 Å². The van der Waals surface area contributed by atoms with Crippen molar-refractivity contribution in [2.24, 2.45) is 0 Å². The third-order valence-electron chi connectivity index (χ3n) is 5.57. The van der Waals surface area contributed by atoms with Crippen molar-refractivity contribution in [3.63, 3.8) is 0 Å². The number of carbonyl (C=O) groups excluding carboxylic acids is 2. The SMILES string of the molecule is Cc1ccc(CN(C(=O)CCSc2ccccc2)C(Cc2ccccc2)C(=O)NC(C)(C)C)cc1. The van der Waals surface area contributed by atoms with Crippen LogP contribution in [0.4, 0.5) is 0 Å². The smallest absolute Gasteiger partial charge is 0.243 e. The summed E-state index contributed by atoms with van der Waals surface area (Å²) in [6, 6.07) is 27.6. The van der Waals surface area contributed by atoms with Crippen LogP contribution in [0.1, 0.15) is 43.9 Å². The monoisotopic (exact) mass is 488 g/mol. The normalized spacial score (nSPS) is 12.1. The molecule has 0 saturated carbocycles. The molecule has 1 N–H and O–H groups in total. The van der Waals surface area contributed by atoms with Crippen LogP contribution in [0.25, 0.3) is 0 Å². The van der Waals surface area contributed by atoms with E-state index in [0.717, 1.165) is 21.6 Å². The Balaban J connectivity index is 1.86. The summed E-state index contributed by atoms with van der Waals surface area (Å²) >= 11 is 1.66. The number of nitrogens with one attached hydrogen (secondary N) is 1. The van der Waals surface area contributed by atoms with Gasteiger partial charge in [-0.2, -0.15) is 0 Å². The van der Waals surface area contributed by atoms with E-state index in [-0.39, 0.29) is 11.8 Å². The minimum Gasteiger partial charge on any atom is -0.350 e. The van der Waals surface area contributed by atoms with E-state index in [1.165, 1.54) is 0 Å². The number of aryl methyl sites for hydroxylation is 1. The van der Waals surface area contributed by atoms with Gasteiger partial charge in [0.15, 0.2) is 0 Å². The fraction of sp³-hybridized carbons (Fsp3) is 0.333. The molecule has 1 unspecified atom stereocenters. The molecule has 0 bridgehead atoms. The lowest BCUT2D eigenvalue weighted by atomic mass is 10.0. The molecule has 0 aliphatic heterocycles. The topological polar surface area (TPSA) is 49.4 Å². The van der Waals surface area contributed by atoms with Crippen molar-refractivity contribution in [1.29, 1.82) is 0 Å². The van der Waals surface area contributed by atoms with E-state index in [0.29, 0.717) is 25.1 Å². The van der Waals surface area contributed by atoms with Crippen LogP contribution in [-0.2, 0) is 22.6 Å². The summed E-state index contributed by atoms with van der Waals surface area (Å²) in [5.74, 6) is 0.517. The lowest BCUT2D eigenvalue weighted by Crippen LogP contribution is -2.54. The zero-order chi connectivity index (χ0) is 25.3. The standard InChI is InChI=1S/C30H36N2O2S/c1-23-15-17-25(18-16-23)22-32(28(33)19-20-35-26-13-9-6-10-14-26)27(29(34)31-30(2,3)4)21-24-11-7-5-8-12-24/h5-18,27H,19-22H2,1-4H3,(H,31,34). The highest BCUT2D eigenvalue weighted by Gasteiger charge is 2.32. The second-order valence-electron chi connectivity index (χ2n) is 9.86. The van der Waals surface area contributed by atoms with Crippen molar-refractivity contribution in [1.82, 2.24) is 10.2 Å². The molecule has 0 spiro atoms. The highest BCUT2D eigenvalue weighted by atomic mass is 32.2. The van der Waals surface area contributed by atoms with Gasteiger partial charge in [0.25, 0.3) is 0 Å². The van der Waals surface area contributed by atoms with Gasteiger partial charge in [0.2, 0.25) is 11.8 Å². The number of amides is 2. The molecule has 3 rings (SSSR count). The maximum atomic E-state index is 13.6. The van der Waals surface area contributed by atoms with Crippen LogP contribution in [0, 0.1) is 6.92 Å². The minimum atomic E-state index is -0.604. The Morgan fingerprint density at radius 2 is 1.46 bits per heavy atom. The molecule has 2 amide bonds. The first kappa shape index (κ1) is 26.6. The lowest BCUT2D eigenvalue weighted by Gasteiger charge is -2.34. The molecule has 3 aromatic rings. The largest absolute Gasteiger partial charge is 0.350 e. The van der Waals surface area contributed by atoms with Crippen molar-refractivity contribution in [3.05, 3.63) is 102 Å². The van der Waals surface area contributed by atoms with Gasteiger partial charge >= 0.3 is 0 Å². The van der Waals surface area contributed by atoms with Gasteiger partial charge in [0.1, 0.15) is 6.04 Å². The average Bonchev–Trinajstić information content (AvgIpc) is 2.82. The van der Waals surface area contributed by atoms with Crippen LogP contribution in [0.15, 0.2) is 89.8 Å². The van der Waals surface area contributed by atoms with Crippen LogP contribution in [0.3, 0.4) is 0 Å². The third kappa shape index (κ3) is 8.91. The molecular weight excluding hydrogens is 452 g/mol. The first-order chi connectivity index (χ1) is 16.7. The zero-order valence-electron chi connectivity index (χ0n) is 21.2. The Morgan fingerprint density at radius 1 is 0.857 bits per heavy atom. The summed E-state index contributed by atoms with van der Waals surface area (Å²) < 4.78 is 0. The number of hydrogen-bond acceptors (Lipinski definition) is 3. The van der Waals surface area contributed by atoms with E-state index in [9.17, 15) is 9.59 Å². The molecule has 0 aliphatic carbocycles. The van der Waals surface area contributed by atoms with Crippen LogP contribution in [0.5, 0.6) is 0 Å². The van der Waals surface area contributed by atoms with E-state index >= 15 is 0 Å². The molecule has 0 fully saturated rings. The summed E-state index contributed by atoms with van der Waals surface area (Å²) in [5, 5.41) is 3.11. The molecule has 0 saturated heterocycles. The quantitative estimate of drug-likeness (QED) is 0.354. The van der Waals surface area contributed by atoms with Crippen LogP contribution < -0.4 is 5.32 Å². The molecule has 5 heteroatoms. The van der Waals surface area contributed by atoms with E-state index in [1.807, 2.05) is 113 Å². The highest BCUT2D eigenvalue weighted by Crippen LogP contribution is 2.21. The zero-order valence-corrected chi connectivity index (χ0v) is 22.0. The maximum Gasteiger partial charge on any atom is 0.243 e. The van der Waals surface area contributed by atoms with Crippen molar-refractivity contribution in [2.45, 2.75) is 63.6 Å². The number of carbonyl (C=O) groups is 2. The van der Waals surface area contributed by atoms with Crippen LogP contribution in [0.2, 0.25) is 0 Å². The Kier molecular flexibility index (Phi) is 9.55. The predicted molar refractivity (Wildman–Crippen MR) is 145 cm³/mol. The van der Waals surface area contributed by atoms with Gasteiger partial charge < -0.3 is 10.2 Å². The van der Waals surface area contributed by atoms with E-state index in [1.54, 1.807) is 16.7 Å².